The average Bonchev–Trinajstić information content (AvgIpc) is 3.24. The third kappa shape index (κ3) is 3.96. The van der Waals surface area contributed by atoms with Gasteiger partial charge in [-0.1, -0.05) is 15.9 Å². The Morgan fingerprint density at radius 3 is 2.54 bits per heavy atom. The van der Waals surface area contributed by atoms with Gasteiger partial charge in [0, 0.05) is 21.4 Å². The standard InChI is InChI=1S/C20H18BrNO4/c1-13-10-18(14(2)22(13)11-17-4-3-9-25-17)19(23)12-26-20(24)15-5-7-16(21)8-6-15/h3-10H,11-12H2,1-2H3. The smallest absolute Gasteiger partial charge is 0.338 e. The summed E-state index contributed by atoms with van der Waals surface area (Å²) >= 11 is 3.31. The molecule has 0 spiro atoms. The average molecular weight is 416 g/mol. The number of carbonyl (C=O) groups excluding carboxylic acids is 2. The second-order valence-electron chi connectivity index (χ2n) is 5.96. The molecule has 0 aliphatic rings. The molecule has 0 saturated carbocycles. The lowest BCUT2D eigenvalue weighted by molar-refractivity contribution is 0.0474. The summed E-state index contributed by atoms with van der Waals surface area (Å²) in [7, 11) is 0. The molecule has 0 saturated heterocycles. The number of ketones is 1. The third-order valence-corrected chi connectivity index (χ3v) is 4.71. The second-order valence-corrected chi connectivity index (χ2v) is 6.87. The molecule has 0 aliphatic heterocycles. The minimum atomic E-state index is -0.518. The summed E-state index contributed by atoms with van der Waals surface area (Å²) in [5, 5.41) is 0. The maximum absolute atomic E-state index is 12.5. The van der Waals surface area contributed by atoms with E-state index in [0.717, 1.165) is 21.6 Å². The fourth-order valence-electron chi connectivity index (χ4n) is 2.76. The van der Waals surface area contributed by atoms with Crippen LogP contribution in [-0.4, -0.2) is 22.9 Å². The molecule has 3 rings (SSSR count). The van der Waals surface area contributed by atoms with Crippen molar-refractivity contribution in [3.63, 3.8) is 0 Å². The van der Waals surface area contributed by atoms with Crippen molar-refractivity contribution >= 4 is 27.7 Å². The number of hydrogen-bond donors (Lipinski definition) is 0. The zero-order chi connectivity index (χ0) is 18.7. The van der Waals surface area contributed by atoms with Gasteiger partial charge in [-0.05, 0) is 56.3 Å². The number of furan rings is 1. The Kier molecular flexibility index (Phi) is 5.42. The summed E-state index contributed by atoms with van der Waals surface area (Å²) < 4.78 is 13.4. The topological polar surface area (TPSA) is 61.4 Å². The molecule has 0 bridgehead atoms. The van der Waals surface area contributed by atoms with Crippen LogP contribution in [0.25, 0.3) is 0 Å². The van der Waals surface area contributed by atoms with Crippen molar-refractivity contribution in [1.29, 1.82) is 0 Å². The van der Waals surface area contributed by atoms with Crippen LogP contribution in [0.1, 0.15) is 37.9 Å². The molecule has 0 unspecified atom stereocenters. The van der Waals surface area contributed by atoms with E-state index in [0.29, 0.717) is 17.7 Å². The number of ether oxygens (including phenoxy) is 1. The van der Waals surface area contributed by atoms with Crippen LogP contribution >= 0.6 is 15.9 Å². The summed E-state index contributed by atoms with van der Waals surface area (Å²) in [6.45, 7) is 4.07. The third-order valence-electron chi connectivity index (χ3n) is 4.18. The number of benzene rings is 1. The molecule has 134 valence electrons. The SMILES string of the molecule is Cc1cc(C(=O)COC(=O)c2ccc(Br)cc2)c(C)n1Cc1ccco1. The van der Waals surface area contributed by atoms with Crippen LogP contribution in [0.5, 0.6) is 0 Å². The molecule has 3 aromatic rings. The van der Waals surface area contributed by atoms with E-state index in [-0.39, 0.29) is 12.4 Å². The highest BCUT2D eigenvalue weighted by Gasteiger charge is 2.18. The van der Waals surface area contributed by atoms with Gasteiger partial charge in [0.2, 0.25) is 5.78 Å². The normalized spacial score (nSPS) is 10.7. The van der Waals surface area contributed by atoms with E-state index in [1.54, 1.807) is 30.5 Å². The van der Waals surface area contributed by atoms with E-state index in [9.17, 15) is 9.59 Å². The maximum Gasteiger partial charge on any atom is 0.338 e. The molecular formula is C20H18BrNO4. The molecule has 0 fully saturated rings. The van der Waals surface area contributed by atoms with Crippen molar-refractivity contribution in [3.8, 4) is 0 Å². The van der Waals surface area contributed by atoms with Crippen molar-refractivity contribution in [3.05, 3.63) is 81.5 Å². The highest BCUT2D eigenvalue weighted by atomic mass is 79.9. The summed E-state index contributed by atoms with van der Waals surface area (Å²) in [5.41, 5.74) is 2.73. The molecule has 2 aromatic heterocycles. The Hall–Kier alpha value is -2.60. The largest absolute Gasteiger partial charge is 0.467 e. The van der Waals surface area contributed by atoms with Crippen molar-refractivity contribution in [2.45, 2.75) is 20.4 Å². The fraction of sp³-hybridized carbons (Fsp3) is 0.200. The van der Waals surface area contributed by atoms with Crippen LogP contribution < -0.4 is 0 Å². The number of rotatable bonds is 6. The Bertz CT molecular complexity index is 924. The predicted molar refractivity (Wildman–Crippen MR) is 100 cm³/mol. The number of Topliss-reactive ketones (excluding diaryl/α,β-unsaturated/α-hetero) is 1. The van der Waals surface area contributed by atoms with Crippen LogP contribution in [0, 0.1) is 13.8 Å². The molecule has 6 heteroatoms. The van der Waals surface area contributed by atoms with Gasteiger partial charge in [0.25, 0.3) is 0 Å². The van der Waals surface area contributed by atoms with Crippen LogP contribution in [0.2, 0.25) is 0 Å². The zero-order valence-corrected chi connectivity index (χ0v) is 16.1. The number of hydrogen-bond acceptors (Lipinski definition) is 4. The van der Waals surface area contributed by atoms with Crippen molar-refractivity contribution in [2.24, 2.45) is 0 Å². The molecule has 0 aliphatic carbocycles. The number of aryl methyl sites for hydroxylation is 1. The van der Waals surface area contributed by atoms with Gasteiger partial charge in [-0.3, -0.25) is 4.79 Å². The van der Waals surface area contributed by atoms with Crippen LogP contribution in [0.15, 0.2) is 57.6 Å². The molecule has 0 atom stereocenters. The molecule has 1 aromatic carbocycles. The summed E-state index contributed by atoms with van der Waals surface area (Å²) in [5.74, 6) is 0.0666. The fourth-order valence-corrected chi connectivity index (χ4v) is 3.03. The summed E-state index contributed by atoms with van der Waals surface area (Å²) in [6.07, 6.45) is 1.62. The van der Waals surface area contributed by atoms with E-state index in [4.69, 9.17) is 9.15 Å². The maximum atomic E-state index is 12.5. The first-order valence-electron chi connectivity index (χ1n) is 8.10. The van der Waals surface area contributed by atoms with Crippen molar-refractivity contribution in [2.75, 3.05) is 6.61 Å². The minimum Gasteiger partial charge on any atom is -0.467 e. The first-order valence-corrected chi connectivity index (χ1v) is 8.90. The Morgan fingerprint density at radius 2 is 1.88 bits per heavy atom. The van der Waals surface area contributed by atoms with Crippen LogP contribution in [0.4, 0.5) is 0 Å². The monoisotopic (exact) mass is 415 g/mol. The number of carbonyl (C=O) groups is 2. The van der Waals surface area contributed by atoms with Crippen LogP contribution in [0.3, 0.4) is 0 Å². The Morgan fingerprint density at radius 1 is 1.15 bits per heavy atom. The lowest BCUT2D eigenvalue weighted by atomic mass is 10.1. The number of nitrogens with zero attached hydrogens (tertiary/aromatic N) is 1. The van der Waals surface area contributed by atoms with Gasteiger partial charge in [-0.15, -0.1) is 0 Å². The van der Waals surface area contributed by atoms with Crippen molar-refractivity contribution < 1.29 is 18.7 Å². The molecule has 0 radical (unpaired) electrons. The minimum absolute atomic E-state index is 0.228. The van der Waals surface area contributed by atoms with Gasteiger partial charge in [-0.2, -0.15) is 0 Å². The van der Waals surface area contributed by atoms with E-state index >= 15 is 0 Å². The summed E-state index contributed by atoms with van der Waals surface area (Å²) in [4.78, 5) is 24.6. The molecule has 2 heterocycles. The highest BCUT2D eigenvalue weighted by molar-refractivity contribution is 9.10. The Labute approximate surface area is 159 Å². The van der Waals surface area contributed by atoms with Gasteiger partial charge in [0.05, 0.1) is 18.4 Å². The molecular weight excluding hydrogens is 398 g/mol. The quantitative estimate of drug-likeness (QED) is 0.437. The van der Waals surface area contributed by atoms with Gasteiger partial charge >= 0.3 is 5.97 Å². The van der Waals surface area contributed by atoms with E-state index in [1.807, 2.05) is 36.6 Å². The predicted octanol–water partition coefficient (Wildman–Crippen LogP) is 4.55. The van der Waals surface area contributed by atoms with Crippen LogP contribution in [-0.2, 0) is 11.3 Å². The first kappa shape index (κ1) is 18.2. The number of esters is 1. The molecule has 26 heavy (non-hydrogen) atoms. The molecule has 0 N–H and O–H groups in total. The highest BCUT2D eigenvalue weighted by Crippen LogP contribution is 2.18. The van der Waals surface area contributed by atoms with E-state index in [1.165, 1.54) is 0 Å². The summed E-state index contributed by atoms with van der Waals surface area (Å²) in [6, 6.07) is 12.3. The lowest BCUT2D eigenvalue weighted by Gasteiger charge is -2.08. The van der Waals surface area contributed by atoms with Gasteiger partial charge in [0.15, 0.2) is 6.61 Å². The van der Waals surface area contributed by atoms with Gasteiger partial charge in [-0.25, -0.2) is 4.79 Å². The molecule has 5 nitrogen and oxygen atoms in total. The van der Waals surface area contributed by atoms with Gasteiger partial charge in [0.1, 0.15) is 5.76 Å². The van der Waals surface area contributed by atoms with Crippen molar-refractivity contribution in [1.82, 2.24) is 4.57 Å². The molecule has 0 amide bonds. The van der Waals surface area contributed by atoms with E-state index < -0.39 is 5.97 Å². The lowest BCUT2D eigenvalue weighted by Crippen LogP contribution is -2.15. The van der Waals surface area contributed by atoms with Gasteiger partial charge < -0.3 is 13.7 Å². The number of aromatic nitrogens is 1. The second kappa shape index (κ2) is 7.74. The Balaban J connectivity index is 1.68. The zero-order valence-electron chi connectivity index (χ0n) is 14.5. The number of halogens is 1. The first-order chi connectivity index (χ1) is 12.5. The van der Waals surface area contributed by atoms with E-state index in [2.05, 4.69) is 15.9 Å².